The molecule has 0 amide bonds. The lowest BCUT2D eigenvalue weighted by Gasteiger charge is -2.04. The third-order valence-corrected chi connectivity index (χ3v) is 2.08. The molecule has 0 fully saturated rings. The Balaban J connectivity index is 2.72. The van der Waals surface area contributed by atoms with E-state index in [-0.39, 0.29) is 5.75 Å². The highest BCUT2D eigenvalue weighted by Crippen LogP contribution is 2.23. The lowest BCUT2D eigenvalue weighted by molar-refractivity contribution is -0.134. The summed E-state index contributed by atoms with van der Waals surface area (Å²) in [4.78, 5) is 10.8. The molecule has 86 valence electrons. The molecule has 0 aliphatic heterocycles. The van der Waals surface area contributed by atoms with E-state index < -0.39 is 5.97 Å². The fraction of sp³-hybridized carbons (Fsp3) is 0.250. The smallest absolute Gasteiger partial charge is 0.330 e. The van der Waals surface area contributed by atoms with Crippen LogP contribution in [0.15, 0.2) is 30.4 Å². The number of hydrogen-bond donors (Lipinski definition) is 1. The Morgan fingerprint density at radius 3 is 2.81 bits per heavy atom. The minimum Gasteiger partial charge on any atom is -0.508 e. The molecular weight excluding hydrogens is 208 g/mol. The van der Waals surface area contributed by atoms with Gasteiger partial charge >= 0.3 is 5.97 Å². The highest BCUT2D eigenvalue weighted by atomic mass is 16.5. The van der Waals surface area contributed by atoms with Gasteiger partial charge in [0.25, 0.3) is 0 Å². The minimum absolute atomic E-state index is 0.176. The molecule has 0 aliphatic carbocycles. The third kappa shape index (κ3) is 3.31. The van der Waals surface area contributed by atoms with Crippen LogP contribution in [0.25, 0.3) is 0 Å². The normalized spacial score (nSPS) is 10.4. The minimum atomic E-state index is -0.414. The summed E-state index contributed by atoms with van der Waals surface area (Å²) in [5.41, 5.74) is 0.694. The summed E-state index contributed by atoms with van der Waals surface area (Å²) in [6, 6.07) is 4.94. The molecule has 1 N–H and O–H groups in total. The molecule has 0 radical (unpaired) electrons. The van der Waals surface area contributed by atoms with Crippen molar-refractivity contribution in [3.8, 4) is 11.5 Å². The maximum Gasteiger partial charge on any atom is 0.330 e. The number of methoxy groups -OCH3 is 2. The predicted molar refractivity (Wildman–Crippen MR) is 59.5 cm³/mol. The molecule has 0 aliphatic rings. The summed E-state index contributed by atoms with van der Waals surface area (Å²) >= 11 is 0. The second-order valence-electron chi connectivity index (χ2n) is 3.12. The molecule has 1 aromatic rings. The van der Waals surface area contributed by atoms with Gasteiger partial charge in [0.1, 0.15) is 11.5 Å². The van der Waals surface area contributed by atoms with Crippen molar-refractivity contribution in [1.82, 2.24) is 0 Å². The Morgan fingerprint density at radius 2 is 2.19 bits per heavy atom. The fourth-order valence-electron chi connectivity index (χ4n) is 1.20. The zero-order valence-corrected chi connectivity index (χ0v) is 9.27. The van der Waals surface area contributed by atoms with Crippen molar-refractivity contribution < 1.29 is 19.4 Å². The second-order valence-corrected chi connectivity index (χ2v) is 3.12. The van der Waals surface area contributed by atoms with Gasteiger partial charge in [0.2, 0.25) is 0 Å². The first kappa shape index (κ1) is 12.1. The van der Waals surface area contributed by atoms with Crippen molar-refractivity contribution in [2.24, 2.45) is 0 Å². The Morgan fingerprint density at radius 1 is 1.44 bits per heavy atom. The number of ether oxygens (including phenoxy) is 2. The van der Waals surface area contributed by atoms with Gasteiger partial charge in [0, 0.05) is 11.6 Å². The zero-order chi connectivity index (χ0) is 12.0. The molecule has 1 aromatic carbocycles. The molecule has 0 aromatic heterocycles. The van der Waals surface area contributed by atoms with Crippen LogP contribution in [0.4, 0.5) is 0 Å². The SMILES string of the molecule is COC(=O)/C=C/Cc1cc(OC)ccc1O. The molecule has 4 heteroatoms. The highest BCUT2D eigenvalue weighted by molar-refractivity contribution is 5.81. The van der Waals surface area contributed by atoms with E-state index in [0.29, 0.717) is 17.7 Å². The van der Waals surface area contributed by atoms with Gasteiger partial charge in [-0.1, -0.05) is 6.08 Å². The summed E-state index contributed by atoms with van der Waals surface area (Å²) < 4.78 is 9.48. The number of esters is 1. The van der Waals surface area contributed by atoms with Crippen molar-refractivity contribution in [1.29, 1.82) is 0 Å². The summed E-state index contributed by atoms with van der Waals surface area (Å²) in [5.74, 6) is 0.428. The molecule has 0 atom stereocenters. The van der Waals surface area contributed by atoms with Gasteiger partial charge in [-0.15, -0.1) is 0 Å². The maximum absolute atomic E-state index is 10.8. The number of aromatic hydroxyl groups is 1. The van der Waals surface area contributed by atoms with Crippen LogP contribution in [0, 0.1) is 0 Å². The van der Waals surface area contributed by atoms with Gasteiger partial charge in [0.05, 0.1) is 14.2 Å². The topological polar surface area (TPSA) is 55.8 Å². The first-order valence-corrected chi connectivity index (χ1v) is 4.77. The zero-order valence-electron chi connectivity index (χ0n) is 9.27. The highest BCUT2D eigenvalue weighted by Gasteiger charge is 2.01. The first-order valence-electron chi connectivity index (χ1n) is 4.77. The van der Waals surface area contributed by atoms with Crippen molar-refractivity contribution in [2.45, 2.75) is 6.42 Å². The molecule has 0 saturated carbocycles. The molecule has 0 bridgehead atoms. The van der Waals surface area contributed by atoms with E-state index in [2.05, 4.69) is 4.74 Å². The Kier molecular flexibility index (Phi) is 4.39. The van der Waals surface area contributed by atoms with E-state index in [1.54, 1.807) is 31.4 Å². The van der Waals surface area contributed by atoms with E-state index in [4.69, 9.17) is 4.74 Å². The van der Waals surface area contributed by atoms with Crippen LogP contribution in [-0.2, 0) is 16.0 Å². The van der Waals surface area contributed by atoms with E-state index in [1.165, 1.54) is 13.2 Å². The van der Waals surface area contributed by atoms with Gasteiger partial charge in [-0.25, -0.2) is 4.79 Å². The monoisotopic (exact) mass is 222 g/mol. The lowest BCUT2D eigenvalue weighted by Crippen LogP contribution is -1.94. The summed E-state index contributed by atoms with van der Waals surface area (Å²) in [7, 11) is 2.87. The number of carbonyl (C=O) groups is 1. The van der Waals surface area contributed by atoms with Crippen LogP contribution in [0.5, 0.6) is 11.5 Å². The lowest BCUT2D eigenvalue weighted by atomic mass is 10.1. The number of rotatable bonds is 4. The molecule has 0 spiro atoms. The summed E-state index contributed by atoms with van der Waals surface area (Å²) in [6.45, 7) is 0. The van der Waals surface area contributed by atoms with Crippen molar-refractivity contribution in [2.75, 3.05) is 14.2 Å². The van der Waals surface area contributed by atoms with Crippen LogP contribution < -0.4 is 4.74 Å². The van der Waals surface area contributed by atoms with E-state index >= 15 is 0 Å². The third-order valence-electron chi connectivity index (χ3n) is 2.08. The molecule has 1 rings (SSSR count). The average Bonchev–Trinajstić information content (AvgIpc) is 2.31. The molecule has 16 heavy (non-hydrogen) atoms. The number of benzene rings is 1. The fourth-order valence-corrected chi connectivity index (χ4v) is 1.20. The number of phenolic OH excluding ortho intramolecular Hbond substituents is 1. The number of hydrogen-bond acceptors (Lipinski definition) is 4. The van der Waals surface area contributed by atoms with Crippen molar-refractivity contribution in [3.63, 3.8) is 0 Å². The quantitative estimate of drug-likeness (QED) is 0.622. The maximum atomic E-state index is 10.8. The standard InChI is InChI=1S/C12H14O4/c1-15-10-6-7-11(13)9(8-10)4-3-5-12(14)16-2/h3,5-8,13H,4H2,1-2H3/b5-3+. The van der Waals surface area contributed by atoms with Gasteiger partial charge < -0.3 is 14.6 Å². The van der Waals surface area contributed by atoms with Crippen molar-refractivity contribution >= 4 is 5.97 Å². The molecule has 0 heterocycles. The van der Waals surface area contributed by atoms with E-state index in [9.17, 15) is 9.90 Å². The van der Waals surface area contributed by atoms with E-state index in [0.717, 1.165) is 0 Å². The molecule has 4 nitrogen and oxygen atoms in total. The second kappa shape index (κ2) is 5.80. The van der Waals surface area contributed by atoms with Gasteiger partial charge in [0.15, 0.2) is 0 Å². The average molecular weight is 222 g/mol. The van der Waals surface area contributed by atoms with Crippen LogP contribution in [0.2, 0.25) is 0 Å². The largest absolute Gasteiger partial charge is 0.508 e. The number of allylic oxidation sites excluding steroid dienone is 1. The summed E-state index contributed by atoms with van der Waals surface area (Å²) in [5, 5.41) is 9.55. The van der Waals surface area contributed by atoms with Crippen LogP contribution in [0.3, 0.4) is 0 Å². The first-order chi connectivity index (χ1) is 7.67. The van der Waals surface area contributed by atoms with Gasteiger partial charge in [-0.05, 0) is 24.6 Å². The molecule has 0 unspecified atom stereocenters. The Labute approximate surface area is 94.1 Å². The number of carbonyl (C=O) groups excluding carboxylic acids is 1. The van der Waals surface area contributed by atoms with Crippen molar-refractivity contribution in [3.05, 3.63) is 35.9 Å². The molecule has 0 saturated heterocycles. The van der Waals surface area contributed by atoms with Crippen LogP contribution in [-0.4, -0.2) is 25.3 Å². The summed E-state index contributed by atoms with van der Waals surface area (Å²) in [6.07, 6.45) is 3.39. The molecular formula is C12H14O4. The van der Waals surface area contributed by atoms with Gasteiger partial charge in [-0.3, -0.25) is 0 Å². The van der Waals surface area contributed by atoms with E-state index in [1.807, 2.05) is 0 Å². The van der Waals surface area contributed by atoms with Crippen LogP contribution >= 0.6 is 0 Å². The Hall–Kier alpha value is -1.97. The predicted octanol–water partition coefficient (Wildman–Crippen LogP) is 1.67. The van der Waals surface area contributed by atoms with Gasteiger partial charge in [-0.2, -0.15) is 0 Å². The number of phenols is 1. The Bertz CT molecular complexity index is 396. The van der Waals surface area contributed by atoms with Crippen LogP contribution in [0.1, 0.15) is 5.56 Å².